The molecule has 0 aromatic heterocycles. The van der Waals surface area contributed by atoms with Gasteiger partial charge in [-0.1, -0.05) is 68.2 Å². The summed E-state index contributed by atoms with van der Waals surface area (Å²) in [6.45, 7) is 18.2. The molecule has 0 heterocycles. The topological polar surface area (TPSA) is 26.0 Å². The zero-order valence-corrected chi connectivity index (χ0v) is 13.2. The van der Waals surface area contributed by atoms with Crippen molar-refractivity contribution >= 4 is 0 Å². The van der Waals surface area contributed by atoms with Gasteiger partial charge in [0.1, 0.15) is 0 Å². The molecule has 0 aliphatic rings. The molecule has 1 heteroatoms. The van der Waals surface area contributed by atoms with Crippen molar-refractivity contribution in [1.82, 2.24) is 0 Å². The molecule has 0 aliphatic carbocycles. The molecule has 0 fully saturated rings. The Morgan fingerprint density at radius 2 is 1.31 bits per heavy atom. The number of hydrogen-bond donors (Lipinski definition) is 1. The van der Waals surface area contributed by atoms with E-state index in [-0.39, 0.29) is 0 Å². The molecular weight excluding hydrogens is 194 g/mol. The third-order valence-electron chi connectivity index (χ3n) is 2.69. The summed E-state index contributed by atoms with van der Waals surface area (Å²) in [6.07, 6.45) is 5.03. The molecule has 0 spiro atoms. The molecule has 1 nitrogen and oxygen atoms in total. The average molecular weight is 231 g/mol. The van der Waals surface area contributed by atoms with E-state index >= 15 is 0 Å². The molecule has 0 amide bonds. The summed E-state index contributed by atoms with van der Waals surface area (Å²) >= 11 is 0. The second kappa shape index (κ2) is 15.0. The van der Waals surface area contributed by atoms with Gasteiger partial charge in [-0.2, -0.15) is 0 Å². The van der Waals surface area contributed by atoms with Crippen molar-refractivity contribution in [3.63, 3.8) is 0 Å². The number of nitrogens with two attached hydrogens (primary N) is 1. The molecule has 0 aromatic carbocycles. The highest BCUT2D eigenvalue weighted by molar-refractivity contribution is 4.70. The Labute approximate surface area is 105 Å². The quantitative estimate of drug-likeness (QED) is 0.688. The van der Waals surface area contributed by atoms with Crippen LogP contribution in [0.1, 0.15) is 81.1 Å². The zero-order chi connectivity index (χ0) is 13.6. The largest absolute Gasteiger partial charge is 0.330 e. The maximum absolute atomic E-state index is 5.45. The summed E-state index contributed by atoms with van der Waals surface area (Å²) in [5.41, 5.74) is 6.00. The van der Waals surface area contributed by atoms with Crippen LogP contribution in [0.5, 0.6) is 0 Å². The minimum absolute atomic E-state index is 0.555. The highest BCUT2D eigenvalue weighted by Crippen LogP contribution is 2.30. The lowest BCUT2D eigenvalue weighted by molar-refractivity contribution is 0.267. The Balaban J connectivity index is -0.000000237. The first-order valence-corrected chi connectivity index (χ1v) is 7.12. The Morgan fingerprint density at radius 3 is 1.50 bits per heavy atom. The summed E-state index contributed by atoms with van der Waals surface area (Å²) in [7, 11) is 0. The van der Waals surface area contributed by atoms with Crippen molar-refractivity contribution in [2.45, 2.75) is 81.1 Å². The molecule has 16 heavy (non-hydrogen) atoms. The monoisotopic (exact) mass is 231 g/mol. The molecule has 0 aliphatic heterocycles. The fraction of sp³-hybridized carbons (Fsp3) is 1.00. The molecule has 2 N–H and O–H groups in total. The Hall–Kier alpha value is -0.0400. The predicted molar refractivity (Wildman–Crippen MR) is 78.8 cm³/mol. The zero-order valence-electron chi connectivity index (χ0n) is 13.2. The first-order valence-electron chi connectivity index (χ1n) is 7.12. The molecule has 0 saturated heterocycles. The van der Waals surface area contributed by atoms with Crippen LogP contribution in [0.4, 0.5) is 0 Å². The number of hydrogen-bond acceptors (Lipinski definition) is 1. The van der Waals surface area contributed by atoms with Gasteiger partial charge in [-0.3, -0.25) is 0 Å². The van der Waals surface area contributed by atoms with Crippen LogP contribution in [0, 0.1) is 11.3 Å². The van der Waals surface area contributed by atoms with Gasteiger partial charge in [0.25, 0.3) is 0 Å². The van der Waals surface area contributed by atoms with Crippen molar-refractivity contribution in [2.24, 2.45) is 17.1 Å². The fourth-order valence-corrected chi connectivity index (χ4v) is 1.13. The summed E-state index contributed by atoms with van der Waals surface area (Å²) in [4.78, 5) is 0. The SMILES string of the molecule is CC.CC(C)C.CCC(C)(CC)CCCN. The first kappa shape index (κ1) is 21.3. The molecule has 0 aromatic rings. The van der Waals surface area contributed by atoms with Crippen LogP contribution in [-0.4, -0.2) is 6.54 Å². The fourth-order valence-electron chi connectivity index (χ4n) is 1.13. The van der Waals surface area contributed by atoms with E-state index in [1.165, 1.54) is 25.7 Å². The summed E-state index contributed by atoms with van der Waals surface area (Å²) < 4.78 is 0. The van der Waals surface area contributed by atoms with Gasteiger partial charge in [0.15, 0.2) is 0 Å². The van der Waals surface area contributed by atoms with Gasteiger partial charge >= 0.3 is 0 Å². The van der Waals surface area contributed by atoms with E-state index in [9.17, 15) is 0 Å². The van der Waals surface area contributed by atoms with E-state index in [1.807, 2.05) is 13.8 Å². The van der Waals surface area contributed by atoms with E-state index in [1.54, 1.807) is 0 Å². The second-order valence-electron chi connectivity index (χ2n) is 5.14. The summed E-state index contributed by atoms with van der Waals surface area (Å²) in [5.74, 6) is 0.833. The lowest BCUT2D eigenvalue weighted by atomic mass is 9.80. The van der Waals surface area contributed by atoms with E-state index in [0.29, 0.717) is 5.41 Å². The van der Waals surface area contributed by atoms with E-state index < -0.39 is 0 Å². The van der Waals surface area contributed by atoms with Crippen LogP contribution in [0.15, 0.2) is 0 Å². The maximum atomic E-state index is 5.45. The van der Waals surface area contributed by atoms with Crippen LogP contribution in [0.3, 0.4) is 0 Å². The van der Waals surface area contributed by atoms with Crippen molar-refractivity contribution in [1.29, 1.82) is 0 Å². The minimum atomic E-state index is 0.555. The standard InChI is InChI=1S/C9H21N.C4H10.C2H6/c1-4-9(3,5-2)7-6-8-10;1-4(2)3;1-2/h4-8,10H2,1-3H3;4H,1-3H3;1-2H3. The van der Waals surface area contributed by atoms with Crippen LogP contribution in [0.25, 0.3) is 0 Å². The van der Waals surface area contributed by atoms with Crippen molar-refractivity contribution < 1.29 is 0 Å². The van der Waals surface area contributed by atoms with Gasteiger partial charge in [0, 0.05) is 0 Å². The second-order valence-corrected chi connectivity index (χ2v) is 5.14. The Kier molecular flexibility index (Phi) is 19.9. The lowest BCUT2D eigenvalue weighted by Crippen LogP contribution is -2.15. The van der Waals surface area contributed by atoms with Crippen LogP contribution in [0.2, 0.25) is 0 Å². The average Bonchev–Trinajstić information content (AvgIpc) is 2.28. The summed E-state index contributed by atoms with van der Waals surface area (Å²) in [5, 5.41) is 0. The first-order chi connectivity index (χ1) is 7.41. The van der Waals surface area contributed by atoms with Crippen molar-refractivity contribution in [3.05, 3.63) is 0 Å². The Bertz CT molecular complexity index is 101. The molecule has 0 rings (SSSR count). The van der Waals surface area contributed by atoms with Gasteiger partial charge in [-0.05, 0) is 30.7 Å². The van der Waals surface area contributed by atoms with Crippen molar-refractivity contribution in [2.75, 3.05) is 6.54 Å². The predicted octanol–water partition coefficient (Wildman–Crippen LogP) is 5.24. The van der Waals surface area contributed by atoms with Crippen LogP contribution >= 0.6 is 0 Å². The molecule has 0 radical (unpaired) electrons. The minimum Gasteiger partial charge on any atom is -0.330 e. The number of rotatable bonds is 5. The lowest BCUT2D eigenvalue weighted by Gasteiger charge is -2.26. The third-order valence-corrected chi connectivity index (χ3v) is 2.69. The van der Waals surface area contributed by atoms with E-state index in [0.717, 1.165) is 12.5 Å². The molecule has 0 saturated carbocycles. The van der Waals surface area contributed by atoms with Crippen LogP contribution in [-0.2, 0) is 0 Å². The van der Waals surface area contributed by atoms with Crippen molar-refractivity contribution in [3.8, 4) is 0 Å². The van der Waals surface area contributed by atoms with Gasteiger partial charge in [0.05, 0.1) is 0 Å². The highest BCUT2D eigenvalue weighted by atomic mass is 14.5. The van der Waals surface area contributed by atoms with Crippen LogP contribution < -0.4 is 5.73 Å². The van der Waals surface area contributed by atoms with Gasteiger partial charge in [-0.25, -0.2) is 0 Å². The molecule has 102 valence electrons. The van der Waals surface area contributed by atoms with Gasteiger partial charge in [-0.15, -0.1) is 0 Å². The Morgan fingerprint density at radius 1 is 1.00 bits per heavy atom. The molecule has 0 atom stereocenters. The highest BCUT2D eigenvalue weighted by Gasteiger charge is 2.17. The molecular formula is C15H37N. The molecule has 0 unspecified atom stereocenters. The van der Waals surface area contributed by atoms with E-state index in [4.69, 9.17) is 5.73 Å². The molecule has 0 bridgehead atoms. The third kappa shape index (κ3) is 19.5. The maximum Gasteiger partial charge on any atom is -0.00771 e. The smallest absolute Gasteiger partial charge is 0.00771 e. The normalized spacial score (nSPS) is 10.1. The van der Waals surface area contributed by atoms with Gasteiger partial charge in [0.2, 0.25) is 0 Å². The van der Waals surface area contributed by atoms with E-state index in [2.05, 4.69) is 41.5 Å². The summed E-state index contributed by atoms with van der Waals surface area (Å²) in [6, 6.07) is 0. The van der Waals surface area contributed by atoms with Gasteiger partial charge < -0.3 is 5.73 Å².